The molecule has 2 atom stereocenters. The van der Waals surface area contributed by atoms with Gasteiger partial charge in [0.05, 0.1) is 11.0 Å². The number of nitrogens with one attached hydrogen (secondary N) is 1. The summed E-state index contributed by atoms with van der Waals surface area (Å²) in [5.41, 5.74) is -2.22. The smallest absolute Gasteiger partial charge is 0.380 e. The Bertz CT molecular complexity index is 534. The molecule has 1 aliphatic rings. The van der Waals surface area contributed by atoms with Gasteiger partial charge in [-0.05, 0) is 25.0 Å². The molecule has 0 heterocycles. The van der Waals surface area contributed by atoms with Crippen LogP contribution in [0.2, 0.25) is 0 Å². The van der Waals surface area contributed by atoms with Crippen LogP contribution in [0.4, 0.5) is 24.5 Å². The number of anilines is 1. The molecule has 115 valence electrons. The molecule has 0 bridgehead atoms. The molecule has 2 rings (SSSR count). The van der Waals surface area contributed by atoms with Crippen LogP contribution in [0.5, 0.6) is 0 Å². The molecule has 0 spiro atoms. The first kappa shape index (κ1) is 15.6. The predicted octanol–water partition coefficient (Wildman–Crippen LogP) is 3.77. The van der Waals surface area contributed by atoms with Crippen molar-refractivity contribution in [2.24, 2.45) is 0 Å². The van der Waals surface area contributed by atoms with Crippen LogP contribution in [0.25, 0.3) is 0 Å². The van der Waals surface area contributed by atoms with Crippen molar-refractivity contribution in [3.05, 3.63) is 33.9 Å². The van der Waals surface area contributed by atoms with Gasteiger partial charge in [0.2, 0.25) is 0 Å². The molecule has 1 fully saturated rings. The summed E-state index contributed by atoms with van der Waals surface area (Å²) in [5, 5.41) is 25.2. The van der Waals surface area contributed by atoms with Crippen LogP contribution in [-0.4, -0.2) is 17.1 Å². The lowest BCUT2D eigenvalue weighted by atomic mass is 9.92. The topological polar surface area (TPSA) is 75.1 Å². The molecule has 8 heteroatoms. The second-order valence-electron chi connectivity index (χ2n) is 5.06. The van der Waals surface area contributed by atoms with Crippen LogP contribution < -0.4 is 5.32 Å². The highest BCUT2D eigenvalue weighted by atomic mass is 19.4. The van der Waals surface area contributed by atoms with Gasteiger partial charge in [-0.25, -0.2) is 5.11 Å². The SMILES string of the molecule is [O]C1CCCCC1Nc1ccc([N+](=O)[O-])c(C(F)(F)F)c1. The first-order valence-corrected chi connectivity index (χ1v) is 6.57. The van der Waals surface area contributed by atoms with Crippen molar-refractivity contribution in [3.63, 3.8) is 0 Å². The van der Waals surface area contributed by atoms with Gasteiger partial charge in [-0.1, -0.05) is 12.8 Å². The van der Waals surface area contributed by atoms with E-state index in [0.717, 1.165) is 18.9 Å². The monoisotopic (exact) mass is 303 g/mol. The summed E-state index contributed by atoms with van der Waals surface area (Å²) in [6.45, 7) is 0. The Morgan fingerprint density at radius 1 is 1.24 bits per heavy atom. The Morgan fingerprint density at radius 3 is 2.48 bits per heavy atom. The number of benzene rings is 1. The third kappa shape index (κ3) is 3.63. The van der Waals surface area contributed by atoms with Crippen molar-refractivity contribution < 1.29 is 23.2 Å². The molecule has 1 aliphatic carbocycles. The molecule has 0 saturated heterocycles. The van der Waals surface area contributed by atoms with Crippen molar-refractivity contribution in [3.8, 4) is 0 Å². The fraction of sp³-hybridized carbons (Fsp3) is 0.538. The predicted molar refractivity (Wildman–Crippen MR) is 68.5 cm³/mol. The van der Waals surface area contributed by atoms with Gasteiger partial charge < -0.3 is 5.32 Å². The van der Waals surface area contributed by atoms with Crippen molar-refractivity contribution in [2.45, 2.75) is 44.0 Å². The van der Waals surface area contributed by atoms with Gasteiger partial charge in [0.15, 0.2) is 0 Å². The number of rotatable bonds is 3. The average molecular weight is 303 g/mol. The molecule has 0 amide bonds. The van der Waals surface area contributed by atoms with Crippen LogP contribution >= 0.6 is 0 Å². The zero-order chi connectivity index (χ0) is 15.6. The van der Waals surface area contributed by atoms with Gasteiger partial charge in [-0.15, -0.1) is 0 Å². The number of nitro groups is 1. The number of hydrogen-bond acceptors (Lipinski definition) is 3. The summed E-state index contributed by atoms with van der Waals surface area (Å²) in [6.07, 6.45) is -2.95. The van der Waals surface area contributed by atoms with Crippen LogP contribution in [0.15, 0.2) is 18.2 Å². The quantitative estimate of drug-likeness (QED) is 0.682. The maximum absolute atomic E-state index is 12.8. The van der Waals surface area contributed by atoms with E-state index in [9.17, 15) is 28.4 Å². The lowest BCUT2D eigenvalue weighted by Gasteiger charge is -2.28. The number of nitrogens with zero attached hydrogens (tertiary/aromatic N) is 1. The van der Waals surface area contributed by atoms with E-state index in [1.54, 1.807) is 0 Å². The Kier molecular flexibility index (Phi) is 4.36. The maximum Gasteiger partial charge on any atom is 0.423 e. The Morgan fingerprint density at radius 2 is 1.90 bits per heavy atom. The molecule has 0 aliphatic heterocycles. The molecule has 1 N–H and O–H groups in total. The molecule has 0 aromatic heterocycles. The fourth-order valence-corrected chi connectivity index (χ4v) is 2.49. The summed E-state index contributed by atoms with van der Waals surface area (Å²) >= 11 is 0. The first-order chi connectivity index (χ1) is 9.79. The third-order valence-corrected chi connectivity index (χ3v) is 3.55. The highest BCUT2D eigenvalue weighted by Crippen LogP contribution is 2.38. The number of nitro benzene ring substituents is 1. The second kappa shape index (κ2) is 5.88. The molecule has 1 radical (unpaired) electrons. The maximum atomic E-state index is 12.8. The summed E-state index contributed by atoms with van der Waals surface area (Å²) < 4.78 is 38.5. The van der Waals surface area contributed by atoms with E-state index in [4.69, 9.17) is 0 Å². The first-order valence-electron chi connectivity index (χ1n) is 6.57. The molecular formula is C13H14F3N2O3. The standard InChI is InChI=1S/C13H14F3N2O3/c14-13(15,16)9-7-8(5-6-11(9)18(20)21)17-10-3-1-2-4-12(10)19/h5-7,10,12,17H,1-4H2. The minimum Gasteiger partial charge on any atom is -0.380 e. The van der Waals surface area contributed by atoms with E-state index in [1.165, 1.54) is 6.07 Å². The highest BCUT2D eigenvalue weighted by molar-refractivity contribution is 5.55. The number of alkyl halides is 3. The van der Waals surface area contributed by atoms with E-state index >= 15 is 0 Å². The summed E-state index contributed by atoms with van der Waals surface area (Å²) in [6, 6.07) is 2.27. The third-order valence-electron chi connectivity index (χ3n) is 3.55. The zero-order valence-corrected chi connectivity index (χ0v) is 11.0. The van der Waals surface area contributed by atoms with Gasteiger partial charge >= 0.3 is 6.18 Å². The molecule has 21 heavy (non-hydrogen) atoms. The zero-order valence-electron chi connectivity index (χ0n) is 11.0. The lowest BCUT2D eigenvalue weighted by molar-refractivity contribution is -0.388. The lowest BCUT2D eigenvalue weighted by Crippen LogP contribution is -2.35. The van der Waals surface area contributed by atoms with Gasteiger partial charge in [0, 0.05) is 11.8 Å². The highest BCUT2D eigenvalue weighted by Gasteiger charge is 2.38. The average Bonchev–Trinajstić information content (AvgIpc) is 2.40. The van der Waals surface area contributed by atoms with Gasteiger partial charge in [-0.3, -0.25) is 10.1 Å². The minimum absolute atomic E-state index is 0.0840. The molecule has 1 saturated carbocycles. The van der Waals surface area contributed by atoms with Crippen LogP contribution in [-0.2, 0) is 11.3 Å². The largest absolute Gasteiger partial charge is 0.423 e. The number of halogens is 3. The normalized spacial score (nSPS) is 22.9. The van der Waals surface area contributed by atoms with Crippen molar-refractivity contribution in [1.82, 2.24) is 0 Å². The van der Waals surface area contributed by atoms with Gasteiger partial charge in [-0.2, -0.15) is 13.2 Å². The van der Waals surface area contributed by atoms with Crippen molar-refractivity contribution in [1.29, 1.82) is 0 Å². The Balaban J connectivity index is 2.27. The summed E-state index contributed by atoms with van der Waals surface area (Å²) in [4.78, 5) is 9.59. The van der Waals surface area contributed by atoms with E-state index < -0.39 is 34.5 Å². The van der Waals surface area contributed by atoms with Gasteiger partial charge in [0.1, 0.15) is 11.7 Å². The summed E-state index contributed by atoms with van der Waals surface area (Å²) in [5.74, 6) is 0. The number of hydrogen-bond donors (Lipinski definition) is 1. The Hall–Kier alpha value is -1.83. The van der Waals surface area contributed by atoms with Crippen LogP contribution in [0.3, 0.4) is 0 Å². The molecule has 1 aromatic carbocycles. The molecular weight excluding hydrogens is 289 g/mol. The molecule has 1 aromatic rings. The van der Waals surface area contributed by atoms with E-state index in [2.05, 4.69) is 5.32 Å². The van der Waals surface area contributed by atoms with Crippen LogP contribution in [0, 0.1) is 10.1 Å². The summed E-state index contributed by atoms with van der Waals surface area (Å²) in [7, 11) is 0. The molecule has 5 nitrogen and oxygen atoms in total. The van der Waals surface area contributed by atoms with E-state index in [1.807, 2.05) is 0 Å². The van der Waals surface area contributed by atoms with E-state index in [-0.39, 0.29) is 5.69 Å². The van der Waals surface area contributed by atoms with Crippen molar-refractivity contribution in [2.75, 3.05) is 5.32 Å². The molecule has 2 unspecified atom stereocenters. The Labute approximate surface area is 118 Å². The minimum atomic E-state index is -4.82. The van der Waals surface area contributed by atoms with Crippen molar-refractivity contribution >= 4 is 11.4 Å². The second-order valence-corrected chi connectivity index (χ2v) is 5.06. The fourth-order valence-electron chi connectivity index (χ4n) is 2.49. The van der Waals surface area contributed by atoms with Gasteiger partial charge in [0.25, 0.3) is 5.69 Å². The van der Waals surface area contributed by atoms with Crippen LogP contribution in [0.1, 0.15) is 31.2 Å². The van der Waals surface area contributed by atoms with E-state index in [0.29, 0.717) is 18.9 Å².